The summed E-state index contributed by atoms with van der Waals surface area (Å²) in [5.41, 5.74) is 5.65. The van der Waals surface area contributed by atoms with Gasteiger partial charge in [0.05, 0.1) is 11.7 Å². The van der Waals surface area contributed by atoms with Crippen LogP contribution in [-0.4, -0.2) is 25.2 Å². The molecule has 1 fully saturated rings. The number of hydrogen-bond acceptors (Lipinski definition) is 3. The zero-order valence-corrected chi connectivity index (χ0v) is 9.41. The van der Waals surface area contributed by atoms with Crippen LogP contribution in [0, 0.1) is 11.2 Å². The molecule has 1 aliphatic heterocycles. The van der Waals surface area contributed by atoms with Gasteiger partial charge in [-0.15, -0.1) is 0 Å². The van der Waals surface area contributed by atoms with Crippen molar-refractivity contribution in [1.29, 1.82) is 5.41 Å². The Morgan fingerprint density at radius 3 is 3.06 bits per heavy atom. The van der Waals surface area contributed by atoms with E-state index >= 15 is 0 Å². The van der Waals surface area contributed by atoms with Gasteiger partial charge in [0.1, 0.15) is 24.0 Å². The SMILES string of the molecule is N=C(N)c1cc(F)ccc1OCC1CCCO1. The minimum absolute atomic E-state index is 0.0832. The summed E-state index contributed by atoms with van der Waals surface area (Å²) in [6, 6.07) is 3.98. The lowest BCUT2D eigenvalue weighted by Crippen LogP contribution is -2.19. The Morgan fingerprint density at radius 1 is 1.59 bits per heavy atom. The van der Waals surface area contributed by atoms with E-state index < -0.39 is 5.82 Å². The second-order valence-electron chi connectivity index (χ2n) is 4.00. The zero-order chi connectivity index (χ0) is 12.3. The number of halogens is 1. The molecule has 1 aliphatic rings. The van der Waals surface area contributed by atoms with Crippen LogP contribution in [-0.2, 0) is 4.74 Å². The van der Waals surface area contributed by atoms with Crippen molar-refractivity contribution < 1.29 is 13.9 Å². The lowest BCUT2D eigenvalue weighted by molar-refractivity contribution is 0.0678. The van der Waals surface area contributed by atoms with Gasteiger partial charge in [0.2, 0.25) is 0 Å². The number of nitrogens with two attached hydrogens (primary N) is 1. The number of rotatable bonds is 4. The molecule has 0 saturated carbocycles. The number of nitrogen functional groups attached to an aromatic ring is 1. The number of benzene rings is 1. The Hall–Kier alpha value is -1.62. The first kappa shape index (κ1) is 11.9. The molecule has 0 radical (unpaired) electrons. The smallest absolute Gasteiger partial charge is 0.130 e. The normalized spacial score (nSPS) is 19.2. The summed E-state index contributed by atoms with van der Waals surface area (Å²) in [4.78, 5) is 0. The van der Waals surface area contributed by atoms with Gasteiger partial charge < -0.3 is 15.2 Å². The van der Waals surface area contributed by atoms with E-state index in [1.165, 1.54) is 18.2 Å². The Balaban J connectivity index is 2.06. The molecule has 5 heteroatoms. The van der Waals surface area contributed by atoms with Crippen molar-refractivity contribution >= 4 is 5.84 Å². The molecule has 0 aromatic heterocycles. The minimum atomic E-state index is -0.431. The standard InChI is InChI=1S/C12H15FN2O2/c13-8-3-4-11(10(6-8)12(14)15)17-7-9-2-1-5-16-9/h3-4,6,9H,1-2,5,7H2,(H3,14,15). The van der Waals surface area contributed by atoms with Gasteiger partial charge in [-0.1, -0.05) is 0 Å². The molecule has 92 valence electrons. The van der Waals surface area contributed by atoms with Crippen LogP contribution >= 0.6 is 0 Å². The largest absolute Gasteiger partial charge is 0.490 e. The quantitative estimate of drug-likeness (QED) is 0.619. The molecule has 0 aliphatic carbocycles. The third-order valence-electron chi connectivity index (χ3n) is 2.68. The monoisotopic (exact) mass is 238 g/mol. The number of hydrogen-bond donors (Lipinski definition) is 2. The maximum atomic E-state index is 13.0. The van der Waals surface area contributed by atoms with Gasteiger partial charge in [-0.2, -0.15) is 0 Å². The van der Waals surface area contributed by atoms with Crippen LogP contribution in [0.4, 0.5) is 4.39 Å². The van der Waals surface area contributed by atoms with Gasteiger partial charge in [0.15, 0.2) is 0 Å². The Bertz CT molecular complexity index is 417. The molecule has 0 bridgehead atoms. The van der Waals surface area contributed by atoms with E-state index in [-0.39, 0.29) is 17.5 Å². The molecule has 0 amide bonds. The number of nitrogens with one attached hydrogen (secondary N) is 1. The third-order valence-corrected chi connectivity index (χ3v) is 2.68. The van der Waals surface area contributed by atoms with Gasteiger partial charge in [-0.3, -0.25) is 5.41 Å². The minimum Gasteiger partial charge on any atom is -0.490 e. The highest BCUT2D eigenvalue weighted by Gasteiger charge is 2.17. The van der Waals surface area contributed by atoms with Gasteiger partial charge in [0, 0.05) is 6.61 Å². The molecule has 17 heavy (non-hydrogen) atoms. The van der Waals surface area contributed by atoms with Crippen molar-refractivity contribution in [3.8, 4) is 5.75 Å². The summed E-state index contributed by atoms with van der Waals surface area (Å²) in [6.45, 7) is 1.17. The fraction of sp³-hybridized carbons (Fsp3) is 0.417. The van der Waals surface area contributed by atoms with Crippen LogP contribution in [0.25, 0.3) is 0 Å². The molecule has 1 aromatic carbocycles. The van der Waals surface area contributed by atoms with Crippen LogP contribution in [0.3, 0.4) is 0 Å². The van der Waals surface area contributed by atoms with E-state index in [1.807, 2.05) is 0 Å². The zero-order valence-electron chi connectivity index (χ0n) is 9.41. The molecule has 3 N–H and O–H groups in total. The van der Waals surface area contributed by atoms with Crippen molar-refractivity contribution in [3.63, 3.8) is 0 Å². The van der Waals surface area contributed by atoms with Crippen LogP contribution in [0.5, 0.6) is 5.75 Å². The van der Waals surface area contributed by atoms with Gasteiger partial charge >= 0.3 is 0 Å². The number of amidine groups is 1. The fourth-order valence-corrected chi connectivity index (χ4v) is 1.80. The van der Waals surface area contributed by atoms with E-state index in [2.05, 4.69) is 0 Å². The molecular weight excluding hydrogens is 223 g/mol. The first-order chi connectivity index (χ1) is 8.16. The molecule has 4 nitrogen and oxygen atoms in total. The van der Waals surface area contributed by atoms with Crippen molar-refractivity contribution in [3.05, 3.63) is 29.6 Å². The molecule has 2 rings (SSSR count). The van der Waals surface area contributed by atoms with E-state index in [0.29, 0.717) is 12.4 Å². The summed E-state index contributed by atoms with van der Waals surface area (Å²) < 4.78 is 24.0. The van der Waals surface area contributed by atoms with E-state index in [9.17, 15) is 4.39 Å². The summed E-state index contributed by atoms with van der Waals surface area (Å²) >= 11 is 0. The van der Waals surface area contributed by atoms with Crippen molar-refractivity contribution in [1.82, 2.24) is 0 Å². The maximum Gasteiger partial charge on any atom is 0.130 e. The lowest BCUT2D eigenvalue weighted by atomic mass is 10.2. The highest BCUT2D eigenvalue weighted by atomic mass is 19.1. The summed E-state index contributed by atoms with van der Waals surface area (Å²) in [5.74, 6) is -0.207. The lowest BCUT2D eigenvalue weighted by Gasteiger charge is -2.14. The van der Waals surface area contributed by atoms with Gasteiger partial charge in [-0.05, 0) is 31.0 Å². The van der Waals surface area contributed by atoms with Gasteiger partial charge in [0.25, 0.3) is 0 Å². The Morgan fingerprint density at radius 2 is 2.41 bits per heavy atom. The molecule has 1 atom stereocenters. The van der Waals surface area contributed by atoms with E-state index in [1.54, 1.807) is 0 Å². The van der Waals surface area contributed by atoms with E-state index in [4.69, 9.17) is 20.6 Å². The molecule has 0 spiro atoms. The van der Waals surface area contributed by atoms with Crippen LogP contribution < -0.4 is 10.5 Å². The highest BCUT2D eigenvalue weighted by Crippen LogP contribution is 2.21. The topological polar surface area (TPSA) is 68.3 Å². The number of ether oxygens (including phenoxy) is 2. The highest BCUT2D eigenvalue weighted by molar-refractivity contribution is 5.97. The Labute approximate surface area is 99.0 Å². The summed E-state index contributed by atoms with van der Waals surface area (Å²) in [6.07, 6.45) is 2.09. The first-order valence-corrected chi connectivity index (χ1v) is 5.55. The van der Waals surface area contributed by atoms with Crippen molar-refractivity contribution in [2.24, 2.45) is 5.73 Å². The molecule has 1 heterocycles. The van der Waals surface area contributed by atoms with Crippen molar-refractivity contribution in [2.75, 3.05) is 13.2 Å². The predicted octanol–water partition coefficient (Wildman–Crippen LogP) is 1.67. The van der Waals surface area contributed by atoms with Crippen LogP contribution in [0.1, 0.15) is 18.4 Å². The second-order valence-corrected chi connectivity index (χ2v) is 4.00. The maximum absolute atomic E-state index is 13.0. The van der Waals surface area contributed by atoms with Crippen LogP contribution in [0.2, 0.25) is 0 Å². The average Bonchev–Trinajstić information content (AvgIpc) is 2.80. The predicted molar refractivity (Wildman–Crippen MR) is 61.9 cm³/mol. The van der Waals surface area contributed by atoms with Gasteiger partial charge in [-0.25, -0.2) is 4.39 Å². The first-order valence-electron chi connectivity index (χ1n) is 5.55. The average molecular weight is 238 g/mol. The summed E-state index contributed by atoms with van der Waals surface area (Å²) in [7, 11) is 0. The Kier molecular flexibility index (Phi) is 3.58. The summed E-state index contributed by atoms with van der Waals surface area (Å²) in [5, 5.41) is 7.36. The second kappa shape index (κ2) is 5.14. The van der Waals surface area contributed by atoms with Crippen molar-refractivity contribution in [2.45, 2.75) is 18.9 Å². The van der Waals surface area contributed by atoms with E-state index in [0.717, 1.165) is 19.4 Å². The molecule has 1 aromatic rings. The molecule has 1 saturated heterocycles. The molecule has 1 unspecified atom stereocenters. The van der Waals surface area contributed by atoms with Crippen LogP contribution in [0.15, 0.2) is 18.2 Å². The fourth-order valence-electron chi connectivity index (χ4n) is 1.80. The molecular formula is C12H15FN2O2. The third kappa shape index (κ3) is 2.94.